The molecule has 13 nitrogen and oxygen atoms in total. The van der Waals surface area contributed by atoms with Crippen LogP contribution in [0.2, 0.25) is 0 Å². The van der Waals surface area contributed by atoms with Gasteiger partial charge in [-0.3, -0.25) is 14.5 Å². The van der Waals surface area contributed by atoms with Crippen LogP contribution in [0.1, 0.15) is 60.2 Å². The third-order valence-corrected chi connectivity index (χ3v) is 6.34. The summed E-state index contributed by atoms with van der Waals surface area (Å²) in [6, 6.07) is 10.1. The number of rotatable bonds is 9. The molecule has 3 amide bonds. The summed E-state index contributed by atoms with van der Waals surface area (Å²) in [5, 5.41) is 16.1. The van der Waals surface area contributed by atoms with E-state index in [4.69, 9.17) is 14.9 Å². The summed E-state index contributed by atoms with van der Waals surface area (Å²) < 4.78 is 12.6. The van der Waals surface area contributed by atoms with Crippen LogP contribution in [0.15, 0.2) is 59.5 Å². The minimum Gasteiger partial charge on any atom is -0.444 e. The number of aliphatic hydroxyl groups excluding tert-OH is 1. The van der Waals surface area contributed by atoms with Gasteiger partial charge >= 0.3 is 6.09 Å². The van der Waals surface area contributed by atoms with Gasteiger partial charge in [-0.2, -0.15) is 5.10 Å². The molecule has 1 saturated carbocycles. The fourth-order valence-corrected chi connectivity index (χ4v) is 4.07. The third kappa shape index (κ3) is 6.63. The van der Waals surface area contributed by atoms with Gasteiger partial charge in [0.15, 0.2) is 11.4 Å². The number of nitrogens with zero attached hydrogens (tertiary/aromatic N) is 5. The van der Waals surface area contributed by atoms with Crippen molar-refractivity contribution >= 4 is 29.4 Å². The van der Waals surface area contributed by atoms with Crippen molar-refractivity contribution in [2.75, 3.05) is 16.8 Å². The van der Waals surface area contributed by atoms with Crippen LogP contribution in [0, 0.1) is 5.92 Å². The first-order valence-electron chi connectivity index (χ1n) is 13.3. The smallest absolute Gasteiger partial charge is 0.416 e. The van der Waals surface area contributed by atoms with E-state index >= 15 is 0 Å². The number of amides is 3. The van der Waals surface area contributed by atoms with Crippen molar-refractivity contribution in [2.45, 2.75) is 45.8 Å². The molecule has 3 heterocycles. The van der Waals surface area contributed by atoms with Crippen molar-refractivity contribution < 1.29 is 28.6 Å². The largest absolute Gasteiger partial charge is 0.444 e. The molecule has 0 radical (unpaired) electrons. The number of ether oxygens (including phenoxy) is 1. The first kappa shape index (κ1) is 28.5. The Morgan fingerprint density at radius 1 is 1.19 bits per heavy atom. The monoisotopic (exact) mass is 573 g/mol. The zero-order valence-electron chi connectivity index (χ0n) is 23.4. The van der Waals surface area contributed by atoms with E-state index in [1.165, 1.54) is 28.2 Å². The molecule has 1 aliphatic rings. The van der Waals surface area contributed by atoms with E-state index in [9.17, 15) is 19.5 Å². The lowest BCUT2D eigenvalue weighted by molar-refractivity contribution is 0.0577. The Balaban J connectivity index is 1.35. The first-order valence-corrected chi connectivity index (χ1v) is 13.3. The normalized spacial score (nSPS) is 13.0. The molecule has 1 fully saturated rings. The molecule has 0 bridgehead atoms. The molecule has 0 spiro atoms. The molecular formula is C29H31N7O6. The number of nitrogens with one attached hydrogen (secondary N) is 1. The number of hydrogen-bond donors (Lipinski definition) is 3. The molecule has 4 aromatic rings. The van der Waals surface area contributed by atoms with E-state index in [1.54, 1.807) is 57.2 Å². The maximum atomic E-state index is 13.1. The van der Waals surface area contributed by atoms with E-state index in [-0.39, 0.29) is 29.6 Å². The Hall–Kier alpha value is -5.04. The van der Waals surface area contributed by atoms with Gasteiger partial charge in [-0.1, -0.05) is 12.1 Å². The predicted molar refractivity (Wildman–Crippen MR) is 152 cm³/mol. The summed E-state index contributed by atoms with van der Waals surface area (Å²) in [4.78, 5) is 48.2. The zero-order valence-corrected chi connectivity index (χ0v) is 23.4. The molecule has 0 aliphatic heterocycles. The second-order valence-corrected chi connectivity index (χ2v) is 11.0. The molecule has 1 aromatic carbocycles. The van der Waals surface area contributed by atoms with Crippen LogP contribution in [0.3, 0.4) is 0 Å². The molecule has 1 aliphatic carbocycles. The average molecular weight is 574 g/mol. The topological polar surface area (TPSA) is 179 Å². The molecule has 5 rings (SSSR count). The number of primary amides is 1. The number of pyridine rings is 1. The second-order valence-electron chi connectivity index (χ2n) is 11.0. The Bertz CT molecular complexity index is 1620. The molecule has 218 valence electrons. The van der Waals surface area contributed by atoms with Gasteiger partial charge < -0.3 is 25.3 Å². The standard InChI is InChI=1S/C29H31N7O6/c1-29(2,3)42-28(40)35(13-17-4-5-17)23-12-19(10-11-31-23)27-33-22(16-41-27)26(39)32-21-14-36(34-24(21)25(30)38)20-8-6-18(15-37)7-9-20/h6-12,14,16-17,37H,4-5,13,15H2,1-3H3,(H2,30,38)(H,32,39). The molecule has 42 heavy (non-hydrogen) atoms. The lowest BCUT2D eigenvalue weighted by atomic mass is 10.2. The lowest BCUT2D eigenvalue weighted by Gasteiger charge is -2.27. The Kier molecular flexibility index (Phi) is 7.77. The highest BCUT2D eigenvalue weighted by molar-refractivity contribution is 6.07. The summed E-state index contributed by atoms with van der Waals surface area (Å²) in [6.45, 7) is 5.77. The van der Waals surface area contributed by atoms with Gasteiger partial charge in [0.1, 0.15) is 17.7 Å². The fraction of sp³-hybridized carbons (Fsp3) is 0.310. The fourth-order valence-electron chi connectivity index (χ4n) is 4.07. The SMILES string of the molecule is CC(C)(C)OC(=O)N(CC1CC1)c1cc(-c2nc(C(=O)Nc3cn(-c4ccc(CO)cc4)nc3C(N)=O)co2)ccn1. The zero-order chi connectivity index (χ0) is 30.0. The van der Waals surface area contributed by atoms with Gasteiger partial charge in [0.05, 0.1) is 24.2 Å². The summed E-state index contributed by atoms with van der Waals surface area (Å²) in [6.07, 6.45) is 5.73. The van der Waals surface area contributed by atoms with Crippen LogP contribution < -0.4 is 16.0 Å². The number of carbonyl (C=O) groups excluding carboxylic acids is 3. The van der Waals surface area contributed by atoms with Crippen molar-refractivity contribution in [3.8, 4) is 17.1 Å². The quantitative estimate of drug-likeness (QED) is 0.268. The molecule has 0 atom stereocenters. The predicted octanol–water partition coefficient (Wildman–Crippen LogP) is 3.92. The number of anilines is 2. The van der Waals surface area contributed by atoms with E-state index in [0.717, 1.165) is 12.8 Å². The first-order chi connectivity index (χ1) is 20.0. The van der Waals surface area contributed by atoms with Crippen LogP contribution in [0.25, 0.3) is 17.1 Å². The van der Waals surface area contributed by atoms with Crippen molar-refractivity contribution in [1.82, 2.24) is 19.7 Å². The molecule has 13 heteroatoms. The number of aliphatic hydroxyl groups is 1. The minimum absolute atomic E-state index is 0.0548. The highest BCUT2D eigenvalue weighted by atomic mass is 16.6. The van der Waals surface area contributed by atoms with Gasteiger partial charge in [0, 0.05) is 18.3 Å². The van der Waals surface area contributed by atoms with E-state index in [0.29, 0.717) is 35.1 Å². The van der Waals surface area contributed by atoms with E-state index in [1.807, 2.05) is 0 Å². The van der Waals surface area contributed by atoms with Crippen LogP contribution in [0.5, 0.6) is 0 Å². The third-order valence-electron chi connectivity index (χ3n) is 6.34. The number of carbonyl (C=O) groups is 3. The molecule has 4 N–H and O–H groups in total. The van der Waals surface area contributed by atoms with Gasteiger partial charge in [-0.15, -0.1) is 0 Å². The molecule has 0 unspecified atom stereocenters. The van der Waals surface area contributed by atoms with Crippen LogP contribution in [0.4, 0.5) is 16.3 Å². The van der Waals surface area contributed by atoms with Gasteiger partial charge in [0.2, 0.25) is 5.89 Å². The number of oxazole rings is 1. The number of nitrogens with two attached hydrogens (primary N) is 1. The molecular weight excluding hydrogens is 542 g/mol. The van der Waals surface area contributed by atoms with Crippen LogP contribution in [-0.4, -0.2) is 54.9 Å². The van der Waals surface area contributed by atoms with Crippen LogP contribution in [-0.2, 0) is 11.3 Å². The summed E-state index contributed by atoms with van der Waals surface area (Å²) in [7, 11) is 0. The van der Waals surface area contributed by atoms with E-state index in [2.05, 4.69) is 20.4 Å². The van der Waals surface area contributed by atoms with Crippen LogP contribution >= 0.6 is 0 Å². The summed E-state index contributed by atoms with van der Waals surface area (Å²) in [5.74, 6) is -0.588. The Labute approximate surface area is 241 Å². The number of benzene rings is 1. The summed E-state index contributed by atoms with van der Waals surface area (Å²) >= 11 is 0. The number of aromatic nitrogens is 4. The van der Waals surface area contributed by atoms with Gasteiger partial charge in [-0.05, 0) is 69.4 Å². The van der Waals surface area contributed by atoms with Crippen molar-refractivity contribution in [3.05, 3.63) is 72.0 Å². The average Bonchev–Trinajstić information content (AvgIpc) is 3.45. The van der Waals surface area contributed by atoms with Gasteiger partial charge in [0.25, 0.3) is 11.8 Å². The summed E-state index contributed by atoms with van der Waals surface area (Å²) in [5.41, 5.74) is 6.51. The van der Waals surface area contributed by atoms with Gasteiger partial charge in [-0.25, -0.2) is 19.4 Å². The van der Waals surface area contributed by atoms with E-state index < -0.39 is 23.5 Å². The molecule has 0 saturated heterocycles. The highest BCUT2D eigenvalue weighted by Crippen LogP contribution is 2.33. The Morgan fingerprint density at radius 2 is 1.93 bits per heavy atom. The molecule has 3 aromatic heterocycles. The Morgan fingerprint density at radius 3 is 2.57 bits per heavy atom. The maximum absolute atomic E-state index is 13.1. The lowest BCUT2D eigenvalue weighted by Crippen LogP contribution is -2.38. The second kappa shape index (κ2) is 11.4. The van der Waals surface area contributed by atoms with Crippen molar-refractivity contribution in [1.29, 1.82) is 0 Å². The minimum atomic E-state index is -0.832. The van der Waals surface area contributed by atoms with Crippen molar-refractivity contribution in [3.63, 3.8) is 0 Å². The highest BCUT2D eigenvalue weighted by Gasteiger charge is 2.31. The number of hydrogen-bond acceptors (Lipinski definition) is 9. The maximum Gasteiger partial charge on any atom is 0.416 e. The van der Waals surface area contributed by atoms with Crippen molar-refractivity contribution in [2.24, 2.45) is 11.7 Å².